The first kappa shape index (κ1) is 19.1. The van der Waals surface area contributed by atoms with Crippen molar-refractivity contribution >= 4 is 41.1 Å². The van der Waals surface area contributed by atoms with E-state index >= 15 is 0 Å². The van der Waals surface area contributed by atoms with Crippen LogP contribution >= 0.6 is 23.5 Å². The van der Waals surface area contributed by atoms with Gasteiger partial charge in [0.1, 0.15) is 0 Å². The average Bonchev–Trinajstić information content (AvgIpc) is 2.80. The van der Waals surface area contributed by atoms with Crippen LogP contribution in [0.2, 0.25) is 0 Å². The zero-order valence-electron chi connectivity index (χ0n) is 15.7. The number of rotatable bonds is 3. The van der Waals surface area contributed by atoms with E-state index in [9.17, 15) is 4.79 Å². The van der Waals surface area contributed by atoms with Crippen molar-refractivity contribution in [1.82, 2.24) is 0 Å². The van der Waals surface area contributed by atoms with Crippen molar-refractivity contribution in [2.45, 2.75) is 30.6 Å². The Hall–Kier alpha value is -1.65. The van der Waals surface area contributed by atoms with E-state index in [0.29, 0.717) is 11.0 Å². The molecule has 1 aliphatic rings. The van der Waals surface area contributed by atoms with Gasteiger partial charge in [0.05, 0.1) is 12.7 Å². The van der Waals surface area contributed by atoms with Crippen molar-refractivity contribution < 1.29 is 9.53 Å². The summed E-state index contributed by atoms with van der Waals surface area (Å²) in [7, 11) is 1.40. The minimum absolute atomic E-state index is 0.305. The van der Waals surface area contributed by atoms with Crippen LogP contribution in [0.25, 0.3) is 11.6 Å². The van der Waals surface area contributed by atoms with Crippen molar-refractivity contribution in [3.63, 3.8) is 0 Å². The van der Waals surface area contributed by atoms with Gasteiger partial charge in [0, 0.05) is 21.3 Å². The molecule has 3 rings (SSSR count). The Morgan fingerprint density at radius 3 is 2.27 bits per heavy atom. The number of carbonyl (C=O) groups excluding carboxylic acids is 1. The number of allylic oxidation sites excluding steroid dienone is 1. The van der Waals surface area contributed by atoms with Gasteiger partial charge in [-0.05, 0) is 53.3 Å². The van der Waals surface area contributed by atoms with E-state index in [2.05, 4.69) is 45.0 Å². The molecule has 0 bridgehead atoms. The zero-order valence-corrected chi connectivity index (χ0v) is 17.3. The van der Waals surface area contributed by atoms with Gasteiger partial charge in [0.25, 0.3) is 0 Å². The largest absolute Gasteiger partial charge is 0.465 e. The van der Waals surface area contributed by atoms with E-state index in [4.69, 9.17) is 4.74 Å². The maximum absolute atomic E-state index is 11.5. The van der Waals surface area contributed by atoms with Crippen molar-refractivity contribution in [3.05, 3.63) is 59.2 Å². The summed E-state index contributed by atoms with van der Waals surface area (Å²) in [5.74, 6) is 2.00. The highest BCUT2D eigenvalue weighted by Crippen LogP contribution is 2.43. The molecule has 1 heterocycles. The molecule has 26 heavy (non-hydrogen) atoms. The van der Waals surface area contributed by atoms with Gasteiger partial charge in [-0.2, -0.15) is 0 Å². The lowest BCUT2D eigenvalue weighted by atomic mass is 10.0. The number of esters is 1. The molecule has 0 aliphatic carbocycles. The summed E-state index contributed by atoms with van der Waals surface area (Å²) >= 11 is 3.93. The minimum Gasteiger partial charge on any atom is -0.465 e. The van der Waals surface area contributed by atoms with E-state index in [1.165, 1.54) is 28.0 Å². The molecular formula is C22H24O2S2. The SMILES string of the molecule is COC(=O)c1ccc(/C=C(\C)c2ccc3c(c2)SCC(C)(C)CS3)cc1. The van der Waals surface area contributed by atoms with E-state index in [-0.39, 0.29) is 5.97 Å². The second-order valence-corrected chi connectivity index (χ2v) is 9.38. The Labute approximate surface area is 164 Å². The van der Waals surface area contributed by atoms with Crippen LogP contribution in [-0.4, -0.2) is 24.6 Å². The maximum Gasteiger partial charge on any atom is 0.337 e. The predicted octanol–water partition coefficient (Wildman–Crippen LogP) is 6.26. The molecule has 2 aromatic carbocycles. The quantitative estimate of drug-likeness (QED) is 0.461. The number of hydrogen-bond acceptors (Lipinski definition) is 4. The summed E-state index contributed by atoms with van der Waals surface area (Å²) in [4.78, 5) is 14.3. The smallest absolute Gasteiger partial charge is 0.337 e. The van der Waals surface area contributed by atoms with Gasteiger partial charge in [-0.3, -0.25) is 0 Å². The van der Waals surface area contributed by atoms with Gasteiger partial charge in [-0.1, -0.05) is 38.1 Å². The number of hydrogen-bond donors (Lipinski definition) is 0. The number of fused-ring (bicyclic) bond motifs is 1. The topological polar surface area (TPSA) is 26.3 Å². The lowest BCUT2D eigenvalue weighted by Gasteiger charge is -2.19. The van der Waals surface area contributed by atoms with Gasteiger partial charge in [-0.25, -0.2) is 4.79 Å². The standard InChI is InChI=1S/C22H24O2S2/c1-15(11-16-5-7-17(8-6-16)21(23)24-4)18-9-10-19-20(12-18)26-14-22(2,3)13-25-19/h5-12H,13-14H2,1-4H3/b15-11+. The molecule has 136 valence electrons. The Balaban J connectivity index is 1.82. The Morgan fingerprint density at radius 2 is 1.62 bits per heavy atom. The first-order valence-electron chi connectivity index (χ1n) is 8.65. The number of ether oxygens (including phenoxy) is 1. The highest BCUT2D eigenvalue weighted by atomic mass is 32.2. The van der Waals surface area contributed by atoms with Crippen LogP contribution in [0, 0.1) is 5.41 Å². The monoisotopic (exact) mass is 384 g/mol. The van der Waals surface area contributed by atoms with Crippen molar-refractivity contribution in [2.24, 2.45) is 5.41 Å². The summed E-state index contributed by atoms with van der Waals surface area (Å²) < 4.78 is 4.75. The molecule has 0 atom stereocenters. The van der Waals surface area contributed by atoms with Gasteiger partial charge < -0.3 is 4.74 Å². The van der Waals surface area contributed by atoms with Crippen molar-refractivity contribution in [1.29, 1.82) is 0 Å². The first-order chi connectivity index (χ1) is 12.4. The summed E-state index contributed by atoms with van der Waals surface area (Å²) in [6.45, 7) is 6.81. The molecule has 0 fully saturated rings. The highest BCUT2D eigenvalue weighted by molar-refractivity contribution is 8.03. The predicted molar refractivity (Wildman–Crippen MR) is 113 cm³/mol. The van der Waals surface area contributed by atoms with Crippen LogP contribution < -0.4 is 0 Å². The Bertz CT molecular complexity index is 836. The van der Waals surface area contributed by atoms with Crippen LogP contribution in [0.4, 0.5) is 0 Å². The molecule has 0 amide bonds. The second-order valence-electron chi connectivity index (χ2n) is 7.34. The third-order valence-electron chi connectivity index (χ3n) is 4.35. The van der Waals surface area contributed by atoms with E-state index in [1.807, 2.05) is 35.7 Å². The summed E-state index contributed by atoms with van der Waals surface area (Å²) in [6.07, 6.45) is 2.15. The van der Waals surface area contributed by atoms with Gasteiger partial charge in [0.15, 0.2) is 0 Å². The van der Waals surface area contributed by atoms with Crippen molar-refractivity contribution in [3.8, 4) is 0 Å². The summed E-state index contributed by atoms with van der Waals surface area (Å²) in [5.41, 5.74) is 4.47. The number of thioether (sulfide) groups is 2. The first-order valence-corrected chi connectivity index (χ1v) is 10.6. The molecule has 0 unspecified atom stereocenters. The lowest BCUT2D eigenvalue weighted by Crippen LogP contribution is -2.16. The Morgan fingerprint density at radius 1 is 1.00 bits per heavy atom. The molecule has 0 saturated heterocycles. The molecule has 0 spiro atoms. The molecule has 4 heteroatoms. The molecule has 0 N–H and O–H groups in total. The third kappa shape index (κ3) is 4.54. The summed E-state index contributed by atoms with van der Waals surface area (Å²) in [5, 5.41) is 0. The van der Waals surface area contributed by atoms with Crippen molar-refractivity contribution in [2.75, 3.05) is 18.6 Å². The molecule has 0 aromatic heterocycles. The Kier molecular flexibility index (Phi) is 5.83. The fraction of sp³-hybridized carbons (Fsp3) is 0.318. The van der Waals surface area contributed by atoms with Gasteiger partial charge in [-0.15, -0.1) is 23.5 Å². The van der Waals surface area contributed by atoms with Crippen LogP contribution in [0.15, 0.2) is 52.3 Å². The molecule has 0 saturated carbocycles. The molecule has 1 aliphatic heterocycles. The molecule has 2 nitrogen and oxygen atoms in total. The van der Waals surface area contributed by atoms with Gasteiger partial charge >= 0.3 is 5.97 Å². The normalized spacial score (nSPS) is 16.5. The van der Waals surface area contributed by atoms with E-state index < -0.39 is 0 Å². The lowest BCUT2D eigenvalue weighted by molar-refractivity contribution is 0.0600. The third-order valence-corrected chi connectivity index (χ3v) is 7.65. The van der Waals surface area contributed by atoms with Crippen LogP contribution in [0.5, 0.6) is 0 Å². The number of methoxy groups -OCH3 is 1. The highest BCUT2D eigenvalue weighted by Gasteiger charge is 2.23. The molecule has 0 radical (unpaired) electrons. The number of benzene rings is 2. The minimum atomic E-state index is -0.305. The number of carbonyl (C=O) groups is 1. The van der Waals surface area contributed by atoms with Gasteiger partial charge in [0.2, 0.25) is 0 Å². The fourth-order valence-corrected chi connectivity index (χ4v) is 5.31. The summed E-state index contributed by atoms with van der Waals surface area (Å²) in [6, 6.07) is 14.3. The average molecular weight is 385 g/mol. The van der Waals surface area contributed by atoms with Crippen LogP contribution in [0.3, 0.4) is 0 Å². The molecule has 2 aromatic rings. The molecular weight excluding hydrogens is 360 g/mol. The zero-order chi connectivity index (χ0) is 18.7. The van der Waals surface area contributed by atoms with E-state index in [1.54, 1.807) is 12.1 Å². The second kappa shape index (κ2) is 7.93. The van der Waals surface area contributed by atoms with Crippen LogP contribution in [-0.2, 0) is 4.74 Å². The maximum atomic E-state index is 11.5. The van der Waals surface area contributed by atoms with E-state index in [0.717, 1.165) is 17.1 Å². The van der Waals surface area contributed by atoms with Crippen LogP contribution in [0.1, 0.15) is 42.3 Å². The fourth-order valence-electron chi connectivity index (χ4n) is 2.74.